The molecule has 16 heavy (non-hydrogen) atoms. The van der Waals surface area contributed by atoms with Crippen molar-refractivity contribution in [3.8, 4) is 11.8 Å². The van der Waals surface area contributed by atoms with Gasteiger partial charge in [0.2, 0.25) is 0 Å². The van der Waals surface area contributed by atoms with Crippen LogP contribution in [0.2, 0.25) is 5.02 Å². The Bertz CT molecular complexity index is 405. The van der Waals surface area contributed by atoms with Crippen molar-refractivity contribution < 1.29 is 4.74 Å². The molecule has 0 amide bonds. The molecule has 0 aromatic heterocycles. The number of benzene rings is 1. The molecule has 1 saturated carbocycles. The van der Waals surface area contributed by atoms with E-state index in [2.05, 4.69) is 6.07 Å². The summed E-state index contributed by atoms with van der Waals surface area (Å²) < 4.78 is 5.85. The first-order valence-electron chi connectivity index (χ1n) is 5.66. The summed E-state index contributed by atoms with van der Waals surface area (Å²) in [5, 5.41) is 9.58. The Labute approximate surface area is 101 Å². The Morgan fingerprint density at radius 3 is 2.69 bits per heavy atom. The lowest BCUT2D eigenvalue weighted by Gasteiger charge is -2.23. The van der Waals surface area contributed by atoms with Crippen molar-refractivity contribution in [3.05, 3.63) is 28.8 Å². The molecule has 0 bridgehead atoms. The zero-order chi connectivity index (χ0) is 11.4. The topological polar surface area (TPSA) is 33.0 Å². The average Bonchev–Trinajstić information content (AvgIpc) is 2.31. The molecule has 1 aromatic rings. The molecule has 2 rings (SSSR count). The van der Waals surface area contributed by atoms with Crippen molar-refractivity contribution in [1.29, 1.82) is 5.26 Å². The maximum atomic E-state index is 8.97. The molecule has 1 aliphatic rings. The van der Waals surface area contributed by atoms with Gasteiger partial charge in [-0.1, -0.05) is 18.0 Å². The van der Waals surface area contributed by atoms with Crippen molar-refractivity contribution in [2.24, 2.45) is 0 Å². The second-order valence-electron chi connectivity index (χ2n) is 4.13. The highest BCUT2D eigenvalue weighted by molar-refractivity contribution is 6.30. The minimum absolute atomic E-state index is 0.249. The standard InChI is InChI=1S/C13H14ClNO/c14-11-7-6-10(9-15)13(8-11)16-12-4-2-1-3-5-12/h6-8,12H,1-5H2. The van der Waals surface area contributed by atoms with Crippen molar-refractivity contribution in [1.82, 2.24) is 0 Å². The third kappa shape index (κ3) is 2.68. The van der Waals surface area contributed by atoms with Crippen LogP contribution in [-0.4, -0.2) is 6.10 Å². The Hall–Kier alpha value is -1.20. The molecule has 0 radical (unpaired) electrons. The quantitative estimate of drug-likeness (QED) is 0.778. The van der Waals surface area contributed by atoms with Gasteiger partial charge < -0.3 is 4.74 Å². The molecule has 1 fully saturated rings. The molecule has 84 valence electrons. The summed E-state index contributed by atoms with van der Waals surface area (Å²) in [6, 6.07) is 7.28. The van der Waals surface area contributed by atoms with E-state index in [0.29, 0.717) is 16.3 Å². The van der Waals surface area contributed by atoms with Gasteiger partial charge in [-0.3, -0.25) is 0 Å². The van der Waals surface area contributed by atoms with Crippen molar-refractivity contribution in [3.63, 3.8) is 0 Å². The van der Waals surface area contributed by atoms with Gasteiger partial charge in [0.15, 0.2) is 0 Å². The van der Waals surface area contributed by atoms with Crippen LogP contribution in [0.1, 0.15) is 37.7 Å². The van der Waals surface area contributed by atoms with E-state index in [1.54, 1.807) is 18.2 Å². The minimum Gasteiger partial charge on any atom is -0.489 e. The fourth-order valence-corrected chi connectivity index (χ4v) is 2.21. The summed E-state index contributed by atoms with van der Waals surface area (Å²) in [6.45, 7) is 0. The van der Waals surface area contributed by atoms with E-state index in [1.165, 1.54) is 19.3 Å². The molecular weight excluding hydrogens is 222 g/mol. The predicted octanol–water partition coefficient (Wildman–Crippen LogP) is 3.92. The number of hydrogen-bond donors (Lipinski definition) is 0. The normalized spacial score (nSPS) is 16.8. The number of hydrogen-bond acceptors (Lipinski definition) is 2. The lowest BCUT2D eigenvalue weighted by Crippen LogP contribution is -2.20. The summed E-state index contributed by atoms with van der Waals surface area (Å²) in [5.74, 6) is 0.627. The highest BCUT2D eigenvalue weighted by Gasteiger charge is 2.16. The Morgan fingerprint density at radius 1 is 1.25 bits per heavy atom. The van der Waals surface area contributed by atoms with E-state index in [1.807, 2.05) is 0 Å². The van der Waals surface area contributed by atoms with Crippen LogP contribution >= 0.6 is 11.6 Å². The van der Waals surface area contributed by atoms with Crippen LogP contribution in [0.25, 0.3) is 0 Å². The van der Waals surface area contributed by atoms with Gasteiger partial charge in [-0.25, -0.2) is 0 Å². The number of ether oxygens (including phenoxy) is 1. The Kier molecular flexibility index (Phi) is 3.69. The molecule has 1 aromatic carbocycles. The van der Waals surface area contributed by atoms with Crippen LogP contribution in [-0.2, 0) is 0 Å². The predicted molar refractivity (Wildman–Crippen MR) is 63.7 cm³/mol. The molecule has 3 heteroatoms. The van der Waals surface area contributed by atoms with Gasteiger partial charge in [-0.05, 0) is 37.8 Å². The van der Waals surface area contributed by atoms with Crippen LogP contribution in [0.15, 0.2) is 18.2 Å². The van der Waals surface area contributed by atoms with Gasteiger partial charge in [0, 0.05) is 11.1 Å². The van der Waals surface area contributed by atoms with E-state index in [-0.39, 0.29) is 6.10 Å². The third-order valence-electron chi connectivity index (χ3n) is 2.91. The first kappa shape index (κ1) is 11.3. The molecule has 0 N–H and O–H groups in total. The Morgan fingerprint density at radius 2 is 2.00 bits per heavy atom. The molecule has 0 atom stereocenters. The van der Waals surface area contributed by atoms with Gasteiger partial charge in [-0.15, -0.1) is 0 Å². The zero-order valence-corrected chi connectivity index (χ0v) is 9.83. The van der Waals surface area contributed by atoms with E-state index in [9.17, 15) is 0 Å². The monoisotopic (exact) mass is 235 g/mol. The fraction of sp³-hybridized carbons (Fsp3) is 0.462. The first-order valence-corrected chi connectivity index (χ1v) is 6.03. The molecule has 0 heterocycles. The van der Waals surface area contributed by atoms with Gasteiger partial charge in [0.1, 0.15) is 11.8 Å². The van der Waals surface area contributed by atoms with Crippen molar-refractivity contribution in [2.75, 3.05) is 0 Å². The maximum absolute atomic E-state index is 8.97. The van der Waals surface area contributed by atoms with E-state index >= 15 is 0 Å². The number of halogens is 1. The first-order chi connectivity index (χ1) is 7.79. The van der Waals surface area contributed by atoms with E-state index in [4.69, 9.17) is 21.6 Å². The van der Waals surface area contributed by atoms with Gasteiger partial charge in [0.25, 0.3) is 0 Å². The van der Waals surface area contributed by atoms with Gasteiger partial charge in [0.05, 0.1) is 11.7 Å². The molecule has 2 nitrogen and oxygen atoms in total. The largest absolute Gasteiger partial charge is 0.489 e. The molecule has 0 saturated heterocycles. The lowest BCUT2D eigenvalue weighted by molar-refractivity contribution is 0.154. The summed E-state index contributed by atoms with van der Waals surface area (Å²) in [5.41, 5.74) is 0.565. The number of nitriles is 1. The summed E-state index contributed by atoms with van der Waals surface area (Å²) in [7, 11) is 0. The molecular formula is C13H14ClNO. The highest BCUT2D eigenvalue weighted by Crippen LogP contribution is 2.28. The molecule has 0 spiro atoms. The highest BCUT2D eigenvalue weighted by atomic mass is 35.5. The zero-order valence-electron chi connectivity index (χ0n) is 9.08. The van der Waals surface area contributed by atoms with Crippen molar-refractivity contribution >= 4 is 11.6 Å². The van der Waals surface area contributed by atoms with Crippen LogP contribution in [0, 0.1) is 11.3 Å². The Balaban J connectivity index is 2.13. The minimum atomic E-state index is 0.249. The second kappa shape index (κ2) is 5.23. The van der Waals surface area contributed by atoms with Crippen LogP contribution in [0.5, 0.6) is 5.75 Å². The smallest absolute Gasteiger partial charge is 0.138 e. The number of rotatable bonds is 2. The second-order valence-corrected chi connectivity index (χ2v) is 4.57. The van der Waals surface area contributed by atoms with Gasteiger partial charge in [-0.2, -0.15) is 5.26 Å². The summed E-state index contributed by atoms with van der Waals surface area (Å²) >= 11 is 5.90. The van der Waals surface area contributed by atoms with E-state index in [0.717, 1.165) is 12.8 Å². The molecule has 0 aliphatic heterocycles. The van der Waals surface area contributed by atoms with Gasteiger partial charge >= 0.3 is 0 Å². The third-order valence-corrected chi connectivity index (χ3v) is 3.15. The van der Waals surface area contributed by atoms with Crippen LogP contribution in [0.3, 0.4) is 0 Å². The van der Waals surface area contributed by atoms with Crippen LogP contribution < -0.4 is 4.74 Å². The molecule has 0 unspecified atom stereocenters. The SMILES string of the molecule is N#Cc1ccc(Cl)cc1OC1CCCCC1. The molecule has 1 aliphatic carbocycles. The summed E-state index contributed by atoms with van der Waals surface area (Å²) in [6.07, 6.45) is 6.13. The van der Waals surface area contributed by atoms with Crippen LogP contribution in [0.4, 0.5) is 0 Å². The fourth-order valence-electron chi connectivity index (χ4n) is 2.05. The van der Waals surface area contributed by atoms with Crippen molar-refractivity contribution in [2.45, 2.75) is 38.2 Å². The average molecular weight is 236 g/mol. The number of nitrogens with zero attached hydrogens (tertiary/aromatic N) is 1. The maximum Gasteiger partial charge on any atom is 0.138 e. The lowest BCUT2D eigenvalue weighted by atomic mass is 9.98. The van der Waals surface area contributed by atoms with E-state index < -0.39 is 0 Å². The summed E-state index contributed by atoms with van der Waals surface area (Å²) in [4.78, 5) is 0.